The summed E-state index contributed by atoms with van der Waals surface area (Å²) < 4.78 is 39.8. The summed E-state index contributed by atoms with van der Waals surface area (Å²) in [5.41, 5.74) is 0.677. The first-order valence-corrected chi connectivity index (χ1v) is 8.59. The lowest BCUT2D eigenvalue weighted by atomic mass is 10.2. The smallest absolute Gasteiger partial charge is 0.279 e. The predicted molar refractivity (Wildman–Crippen MR) is 94.2 cm³/mol. The van der Waals surface area contributed by atoms with E-state index in [9.17, 15) is 18.0 Å². The molecular weight excluding hydrogens is 367 g/mol. The second-order valence-electron chi connectivity index (χ2n) is 6.16. The Morgan fingerprint density at radius 3 is 2.54 bits per heavy atom. The first-order chi connectivity index (χ1) is 12.4. The zero-order chi connectivity index (χ0) is 18.7. The molecule has 0 saturated carbocycles. The van der Waals surface area contributed by atoms with E-state index in [-0.39, 0.29) is 12.2 Å². The average molecular weight is 385 g/mol. The van der Waals surface area contributed by atoms with E-state index in [4.69, 9.17) is 11.6 Å². The molecule has 2 aromatic carbocycles. The van der Waals surface area contributed by atoms with Crippen LogP contribution in [-0.4, -0.2) is 38.6 Å². The lowest BCUT2D eigenvalue weighted by Crippen LogP contribution is -3.15. The molecule has 26 heavy (non-hydrogen) atoms. The van der Waals surface area contributed by atoms with Gasteiger partial charge >= 0.3 is 0 Å². The summed E-state index contributed by atoms with van der Waals surface area (Å²) in [7, 11) is 0. The van der Waals surface area contributed by atoms with Gasteiger partial charge in [0.2, 0.25) is 0 Å². The fourth-order valence-corrected chi connectivity index (χ4v) is 3.16. The van der Waals surface area contributed by atoms with Gasteiger partial charge in [-0.2, -0.15) is 0 Å². The third-order valence-electron chi connectivity index (χ3n) is 4.36. The van der Waals surface area contributed by atoms with E-state index in [1.807, 2.05) is 24.3 Å². The van der Waals surface area contributed by atoms with Crippen LogP contribution in [0.1, 0.15) is 0 Å². The highest BCUT2D eigenvalue weighted by atomic mass is 35.5. The van der Waals surface area contributed by atoms with E-state index < -0.39 is 23.4 Å². The number of nitrogens with one attached hydrogen (secondary N) is 2. The zero-order valence-corrected chi connectivity index (χ0v) is 14.6. The van der Waals surface area contributed by atoms with Crippen LogP contribution < -0.4 is 15.1 Å². The fourth-order valence-electron chi connectivity index (χ4n) is 2.97. The Kier molecular flexibility index (Phi) is 5.68. The molecule has 0 radical (unpaired) electrons. The van der Waals surface area contributed by atoms with Crippen molar-refractivity contribution in [1.29, 1.82) is 0 Å². The maximum absolute atomic E-state index is 13.6. The van der Waals surface area contributed by atoms with Crippen LogP contribution in [0.15, 0.2) is 36.4 Å². The molecule has 1 heterocycles. The Morgan fingerprint density at radius 2 is 1.85 bits per heavy atom. The predicted octanol–water partition coefficient (Wildman–Crippen LogP) is 2.10. The van der Waals surface area contributed by atoms with Gasteiger partial charge in [-0.25, -0.2) is 13.2 Å². The molecule has 0 aromatic heterocycles. The van der Waals surface area contributed by atoms with Gasteiger partial charge in [0.05, 0.1) is 31.9 Å². The molecule has 0 spiro atoms. The van der Waals surface area contributed by atoms with Crippen molar-refractivity contribution in [2.24, 2.45) is 0 Å². The molecule has 1 fully saturated rings. The topological polar surface area (TPSA) is 36.8 Å². The highest BCUT2D eigenvalue weighted by molar-refractivity contribution is 6.30. The molecule has 138 valence electrons. The molecule has 1 saturated heterocycles. The van der Waals surface area contributed by atoms with Crippen molar-refractivity contribution in [2.75, 3.05) is 42.9 Å². The number of amides is 1. The van der Waals surface area contributed by atoms with Crippen molar-refractivity contribution in [2.45, 2.75) is 0 Å². The molecule has 1 aliphatic heterocycles. The summed E-state index contributed by atoms with van der Waals surface area (Å²) in [4.78, 5) is 15.3. The van der Waals surface area contributed by atoms with Crippen LogP contribution in [0, 0.1) is 17.5 Å². The van der Waals surface area contributed by atoms with E-state index in [0.29, 0.717) is 5.02 Å². The lowest BCUT2D eigenvalue weighted by molar-refractivity contribution is -0.892. The number of nitrogens with zero attached hydrogens (tertiary/aromatic N) is 1. The first-order valence-electron chi connectivity index (χ1n) is 8.21. The quantitative estimate of drug-likeness (QED) is 0.792. The van der Waals surface area contributed by atoms with Gasteiger partial charge in [-0.1, -0.05) is 17.7 Å². The monoisotopic (exact) mass is 384 g/mol. The van der Waals surface area contributed by atoms with Gasteiger partial charge in [-0.05, 0) is 30.3 Å². The van der Waals surface area contributed by atoms with E-state index in [0.717, 1.165) is 48.9 Å². The maximum atomic E-state index is 13.6. The molecule has 0 atom stereocenters. The summed E-state index contributed by atoms with van der Waals surface area (Å²) in [6.45, 7) is 3.08. The van der Waals surface area contributed by atoms with E-state index in [1.54, 1.807) is 0 Å². The van der Waals surface area contributed by atoms with Gasteiger partial charge in [-0.15, -0.1) is 0 Å². The van der Waals surface area contributed by atoms with Crippen molar-refractivity contribution < 1.29 is 22.9 Å². The van der Waals surface area contributed by atoms with Crippen molar-refractivity contribution in [1.82, 2.24) is 0 Å². The summed E-state index contributed by atoms with van der Waals surface area (Å²) in [6.07, 6.45) is 0. The summed E-state index contributed by atoms with van der Waals surface area (Å²) >= 11 is 6.01. The van der Waals surface area contributed by atoms with Gasteiger partial charge in [0.25, 0.3) is 5.91 Å². The second kappa shape index (κ2) is 7.97. The van der Waals surface area contributed by atoms with Crippen molar-refractivity contribution in [3.8, 4) is 0 Å². The minimum Gasteiger partial charge on any atom is -0.360 e. The van der Waals surface area contributed by atoms with Crippen LogP contribution in [0.25, 0.3) is 0 Å². The molecule has 3 rings (SSSR count). The van der Waals surface area contributed by atoms with Gasteiger partial charge in [0.15, 0.2) is 24.0 Å². The number of carbonyl (C=O) groups is 1. The Hall–Kier alpha value is -2.25. The van der Waals surface area contributed by atoms with Crippen LogP contribution in [0.2, 0.25) is 5.02 Å². The Balaban J connectivity index is 1.53. The van der Waals surface area contributed by atoms with Gasteiger partial charge in [-0.3, -0.25) is 4.79 Å². The normalized spacial score (nSPS) is 15.2. The van der Waals surface area contributed by atoms with Crippen LogP contribution in [0.4, 0.5) is 24.5 Å². The molecule has 2 N–H and O–H groups in total. The van der Waals surface area contributed by atoms with Crippen LogP contribution in [0.5, 0.6) is 0 Å². The van der Waals surface area contributed by atoms with Crippen molar-refractivity contribution >= 4 is 28.9 Å². The van der Waals surface area contributed by atoms with Crippen LogP contribution in [-0.2, 0) is 4.79 Å². The van der Waals surface area contributed by atoms with Gasteiger partial charge in [0.1, 0.15) is 0 Å². The van der Waals surface area contributed by atoms with Crippen LogP contribution in [0.3, 0.4) is 0 Å². The minimum absolute atomic E-state index is 0.127. The molecule has 0 bridgehead atoms. The molecule has 1 aliphatic rings. The molecule has 4 nitrogen and oxygen atoms in total. The SMILES string of the molecule is O=C(C[NH+]1CCN(c2cccc(Cl)c2)CC1)Nc1ccc(F)c(F)c1F. The molecule has 1 amide bonds. The summed E-state index contributed by atoms with van der Waals surface area (Å²) in [5.74, 6) is -4.71. The van der Waals surface area contributed by atoms with Crippen molar-refractivity contribution in [3.63, 3.8) is 0 Å². The van der Waals surface area contributed by atoms with Gasteiger partial charge in [0, 0.05) is 10.7 Å². The number of hydrogen-bond donors (Lipinski definition) is 2. The number of piperazine rings is 1. The number of quaternary nitrogens is 1. The highest BCUT2D eigenvalue weighted by Gasteiger charge is 2.23. The third kappa shape index (κ3) is 4.28. The minimum atomic E-state index is -1.59. The number of carbonyl (C=O) groups excluding carboxylic acids is 1. The third-order valence-corrected chi connectivity index (χ3v) is 4.60. The van der Waals surface area contributed by atoms with E-state index in [2.05, 4.69) is 10.2 Å². The molecule has 8 heteroatoms. The lowest BCUT2D eigenvalue weighted by Gasteiger charge is -2.33. The Labute approximate surface area is 154 Å². The maximum Gasteiger partial charge on any atom is 0.279 e. The van der Waals surface area contributed by atoms with E-state index in [1.165, 1.54) is 0 Å². The number of benzene rings is 2. The summed E-state index contributed by atoms with van der Waals surface area (Å²) in [5, 5.41) is 2.97. The highest BCUT2D eigenvalue weighted by Crippen LogP contribution is 2.20. The number of rotatable bonds is 4. The van der Waals surface area contributed by atoms with Crippen molar-refractivity contribution in [3.05, 3.63) is 58.9 Å². The Morgan fingerprint density at radius 1 is 1.12 bits per heavy atom. The first kappa shape index (κ1) is 18.5. The number of anilines is 2. The average Bonchev–Trinajstić information content (AvgIpc) is 2.63. The molecule has 2 aromatic rings. The Bertz CT molecular complexity index is 810. The fraction of sp³-hybridized carbons (Fsp3) is 0.278. The second-order valence-corrected chi connectivity index (χ2v) is 6.60. The number of halogens is 4. The molecule has 0 unspecified atom stereocenters. The largest absolute Gasteiger partial charge is 0.360 e. The summed E-state index contributed by atoms with van der Waals surface area (Å²) in [6, 6.07) is 9.37. The standard InChI is InChI=1S/C18H17ClF3N3O/c19-12-2-1-3-13(10-12)25-8-6-24(7-9-25)11-16(26)23-15-5-4-14(20)17(21)18(15)22/h1-5,10H,6-9,11H2,(H,23,26)/p+1. The number of hydrogen-bond acceptors (Lipinski definition) is 2. The molecule has 0 aliphatic carbocycles. The molecular formula is C18H18ClF3N3O+. The van der Waals surface area contributed by atoms with E-state index >= 15 is 0 Å². The zero-order valence-electron chi connectivity index (χ0n) is 13.9. The van der Waals surface area contributed by atoms with Crippen LogP contribution >= 0.6 is 11.6 Å². The van der Waals surface area contributed by atoms with Gasteiger partial charge < -0.3 is 15.1 Å².